The largest absolute Gasteiger partial charge is 0.369 e. The third-order valence-electron chi connectivity index (χ3n) is 3.30. The van der Waals surface area contributed by atoms with Crippen LogP contribution in [0.25, 0.3) is 11.0 Å². The number of aromatic nitrogens is 4. The SMILES string of the molecule is CC(Cn1cccn1)n1c(N)nc2ccc(C#N)cc21. The highest BCUT2D eigenvalue weighted by Crippen LogP contribution is 2.24. The Labute approximate surface area is 116 Å². The van der Waals surface area contributed by atoms with Crippen LogP contribution in [0.4, 0.5) is 5.95 Å². The van der Waals surface area contributed by atoms with Crippen LogP contribution in [0.1, 0.15) is 18.5 Å². The molecule has 1 atom stereocenters. The summed E-state index contributed by atoms with van der Waals surface area (Å²) in [5.74, 6) is 0.453. The number of hydrogen-bond acceptors (Lipinski definition) is 4. The Hall–Kier alpha value is -2.81. The lowest BCUT2D eigenvalue weighted by Crippen LogP contribution is -2.15. The Kier molecular flexibility index (Phi) is 2.88. The van der Waals surface area contributed by atoms with E-state index in [0.717, 1.165) is 11.0 Å². The molecular formula is C14H14N6. The van der Waals surface area contributed by atoms with Crippen molar-refractivity contribution >= 4 is 17.0 Å². The topological polar surface area (TPSA) is 85.4 Å². The lowest BCUT2D eigenvalue weighted by Gasteiger charge is -2.16. The Morgan fingerprint density at radius 2 is 2.30 bits per heavy atom. The lowest BCUT2D eigenvalue weighted by molar-refractivity contribution is 0.449. The van der Waals surface area contributed by atoms with Gasteiger partial charge in [-0.25, -0.2) is 4.98 Å². The Morgan fingerprint density at radius 3 is 3.00 bits per heavy atom. The van der Waals surface area contributed by atoms with E-state index in [9.17, 15) is 0 Å². The molecule has 0 amide bonds. The molecule has 0 aliphatic rings. The van der Waals surface area contributed by atoms with Gasteiger partial charge in [0.05, 0.1) is 35.3 Å². The van der Waals surface area contributed by atoms with Gasteiger partial charge in [-0.2, -0.15) is 10.4 Å². The first-order valence-electron chi connectivity index (χ1n) is 6.34. The van der Waals surface area contributed by atoms with Crippen LogP contribution in [-0.2, 0) is 6.54 Å². The fourth-order valence-electron chi connectivity index (χ4n) is 2.41. The number of hydrogen-bond donors (Lipinski definition) is 1. The molecule has 1 unspecified atom stereocenters. The Morgan fingerprint density at radius 1 is 1.45 bits per heavy atom. The van der Waals surface area contributed by atoms with Crippen molar-refractivity contribution in [3.8, 4) is 6.07 Å². The maximum Gasteiger partial charge on any atom is 0.201 e. The minimum atomic E-state index is 0.0915. The van der Waals surface area contributed by atoms with Crippen LogP contribution in [0.5, 0.6) is 0 Å². The molecule has 2 N–H and O–H groups in total. The highest BCUT2D eigenvalue weighted by Gasteiger charge is 2.15. The third kappa shape index (κ3) is 1.99. The lowest BCUT2D eigenvalue weighted by atomic mass is 10.2. The number of nitrogens with two attached hydrogens (primary N) is 1. The number of benzene rings is 1. The summed E-state index contributed by atoms with van der Waals surface area (Å²) in [5.41, 5.74) is 8.29. The average molecular weight is 266 g/mol. The summed E-state index contributed by atoms with van der Waals surface area (Å²) in [4.78, 5) is 4.34. The van der Waals surface area contributed by atoms with Gasteiger partial charge in [0, 0.05) is 12.4 Å². The highest BCUT2D eigenvalue weighted by atomic mass is 15.3. The third-order valence-corrected chi connectivity index (χ3v) is 3.30. The summed E-state index contributed by atoms with van der Waals surface area (Å²) in [7, 11) is 0. The van der Waals surface area contributed by atoms with Crippen molar-refractivity contribution in [3.63, 3.8) is 0 Å². The summed E-state index contributed by atoms with van der Waals surface area (Å²) < 4.78 is 3.79. The maximum absolute atomic E-state index is 9.02. The molecule has 0 aliphatic heterocycles. The summed E-state index contributed by atoms with van der Waals surface area (Å²) >= 11 is 0. The van der Waals surface area contributed by atoms with E-state index >= 15 is 0 Å². The monoisotopic (exact) mass is 266 g/mol. The molecular weight excluding hydrogens is 252 g/mol. The molecule has 0 radical (unpaired) electrons. The van der Waals surface area contributed by atoms with E-state index in [0.29, 0.717) is 18.1 Å². The molecule has 0 saturated carbocycles. The Balaban J connectivity index is 2.05. The predicted molar refractivity (Wildman–Crippen MR) is 75.8 cm³/mol. The zero-order chi connectivity index (χ0) is 14.1. The normalized spacial score (nSPS) is 12.4. The van der Waals surface area contributed by atoms with Crippen LogP contribution < -0.4 is 5.73 Å². The molecule has 0 saturated heterocycles. The summed E-state index contributed by atoms with van der Waals surface area (Å²) in [5, 5.41) is 13.2. The second-order valence-electron chi connectivity index (χ2n) is 4.73. The van der Waals surface area contributed by atoms with E-state index in [1.54, 1.807) is 12.3 Å². The van der Waals surface area contributed by atoms with Crippen molar-refractivity contribution in [3.05, 3.63) is 42.2 Å². The summed E-state index contributed by atoms with van der Waals surface area (Å²) in [6, 6.07) is 9.50. The van der Waals surface area contributed by atoms with E-state index in [1.165, 1.54) is 0 Å². The van der Waals surface area contributed by atoms with Gasteiger partial charge >= 0.3 is 0 Å². The molecule has 3 rings (SSSR count). The number of rotatable bonds is 3. The summed E-state index contributed by atoms with van der Waals surface area (Å²) in [6.07, 6.45) is 3.66. The second-order valence-corrected chi connectivity index (χ2v) is 4.73. The second kappa shape index (κ2) is 4.70. The minimum absolute atomic E-state index is 0.0915. The van der Waals surface area contributed by atoms with Crippen molar-refractivity contribution in [2.24, 2.45) is 0 Å². The molecule has 6 nitrogen and oxygen atoms in total. The quantitative estimate of drug-likeness (QED) is 0.785. The van der Waals surface area contributed by atoms with Gasteiger partial charge in [-0.05, 0) is 31.2 Å². The maximum atomic E-state index is 9.02. The van der Waals surface area contributed by atoms with Crippen molar-refractivity contribution in [1.82, 2.24) is 19.3 Å². The number of fused-ring (bicyclic) bond motifs is 1. The number of imidazole rings is 1. The number of nitrogen functional groups attached to an aromatic ring is 1. The van der Waals surface area contributed by atoms with Gasteiger partial charge in [0.15, 0.2) is 0 Å². The van der Waals surface area contributed by atoms with Gasteiger partial charge in [0.2, 0.25) is 5.95 Å². The van der Waals surface area contributed by atoms with Gasteiger partial charge in [-0.3, -0.25) is 4.68 Å². The van der Waals surface area contributed by atoms with Crippen LogP contribution in [-0.4, -0.2) is 19.3 Å². The zero-order valence-corrected chi connectivity index (χ0v) is 11.1. The van der Waals surface area contributed by atoms with E-state index in [-0.39, 0.29) is 6.04 Å². The first-order chi connectivity index (χ1) is 9.69. The van der Waals surface area contributed by atoms with Crippen molar-refractivity contribution < 1.29 is 0 Å². The minimum Gasteiger partial charge on any atom is -0.369 e. The molecule has 2 heterocycles. The van der Waals surface area contributed by atoms with Crippen molar-refractivity contribution in [1.29, 1.82) is 5.26 Å². The van der Waals surface area contributed by atoms with E-state index < -0.39 is 0 Å². The Bertz CT molecular complexity index is 778. The van der Waals surface area contributed by atoms with E-state index in [1.807, 2.05) is 33.6 Å². The molecule has 0 bridgehead atoms. The average Bonchev–Trinajstić information content (AvgIpc) is 3.04. The van der Waals surface area contributed by atoms with Gasteiger partial charge in [-0.15, -0.1) is 0 Å². The predicted octanol–water partition coefficient (Wildman–Crippen LogP) is 1.95. The standard InChI is InChI=1S/C14H14N6/c1-10(9-19-6-2-5-17-19)20-13-7-11(8-15)3-4-12(13)18-14(20)16/h2-7,10H,9H2,1H3,(H2,16,18). The van der Waals surface area contributed by atoms with Crippen LogP contribution in [0.15, 0.2) is 36.7 Å². The zero-order valence-electron chi connectivity index (χ0n) is 11.1. The van der Waals surface area contributed by atoms with Gasteiger partial charge in [0.1, 0.15) is 0 Å². The molecule has 20 heavy (non-hydrogen) atoms. The molecule has 0 spiro atoms. The molecule has 3 aromatic rings. The van der Waals surface area contributed by atoms with Gasteiger partial charge in [-0.1, -0.05) is 0 Å². The first kappa shape index (κ1) is 12.2. The number of nitriles is 1. The van der Waals surface area contributed by atoms with Crippen LogP contribution in [0, 0.1) is 11.3 Å². The van der Waals surface area contributed by atoms with Gasteiger partial charge in [0.25, 0.3) is 0 Å². The fraction of sp³-hybridized carbons (Fsp3) is 0.214. The molecule has 0 aliphatic carbocycles. The van der Waals surface area contributed by atoms with Gasteiger partial charge < -0.3 is 10.3 Å². The molecule has 2 aromatic heterocycles. The van der Waals surface area contributed by atoms with E-state index in [2.05, 4.69) is 23.1 Å². The van der Waals surface area contributed by atoms with Crippen LogP contribution >= 0.6 is 0 Å². The highest BCUT2D eigenvalue weighted by molar-refractivity contribution is 5.80. The smallest absolute Gasteiger partial charge is 0.201 e. The van der Waals surface area contributed by atoms with Crippen molar-refractivity contribution in [2.75, 3.05) is 5.73 Å². The van der Waals surface area contributed by atoms with Crippen LogP contribution in [0.3, 0.4) is 0 Å². The first-order valence-corrected chi connectivity index (χ1v) is 6.34. The molecule has 100 valence electrons. The summed E-state index contributed by atoms with van der Waals surface area (Å²) in [6.45, 7) is 2.75. The van der Waals surface area contributed by atoms with Crippen LogP contribution in [0.2, 0.25) is 0 Å². The number of anilines is 1. The molecule has 1 aromatic carbocycles. The van der Waals surface area contributed by atoms with Crippen molar-refractivity contribution in [2.45, 2.75) is 19.5 Å². The molecule has 0 fully saturated rings. The molecule has 6 heteroatoms. The van der Waals surface area contributed by atoms with E-state index in [4.69, 9.17) is 11.0 Å². The fourth-order valence-corrected chi connectivity index (χ4v) is 2.41. The number of nitrogens with zero attached hydrogens (tertiary/aromatic N) is 5.